The number of benzene rings is 2. The summed E-state index contributed by atoms with van der Waals surface area (Å²) in [6.45, 7) is 0.123. The molecule has 2 aromatic carbocycles. The first kappa shape index (κ1) is 17.1. The molecule has 1 amide bonds. The van der Waals surface area contributed by atoms with Crippen molar-refractivity contribution in [3.63, 3.8) is 0 Å². The van der Waals surface area contributed by atoms with Crippen LogP contribution in [0.25, 0.3) is 0 Å². The van der Waals surface area contributed by atoms with E-state index in [9.17, 15) is 9.90 Å². The van der Waals surface area contributed by atoms with Gasteiger partial charge in [0, 0.05) is 17.1 Å². The molecule has 0 aliphatic carbocycles. The number of aliphatic hydroxyl groups excluding tert-OH is 1. The van der Waals surface area contributed by atoms with E-state index >= 15 is 0 Å². The molecule has 0 aliphatic heterocycles. The smallest absolute Gasteiger partial charge is 0.251 e. The van der Waals surface area contributed by atoms with Gasteiger partial charge in [-0.2, -0.15) is 0 Å². The van der Waals surface area contributed by atoms with Gasteiger partial charge >= 0.3 is 0 Å². The highest BCUT2D eigenvalue weighted by Gasteiger charge is 2.11. The number of carbonyl (C=O) groups excluding carboxylic acids is 1. The highest BCUT2D eigenvalue weighted by atomic mass is 35.5. The molecule has 5 nitrogen and oxygen atoms in total. The lowest BCUT2D eigenvalue weighted by atomic mass is 10.2. The number of rotatable bonds is 7. The van der Waals surface area contributed by atoms with Gasteiger partial charge in [-0.15, -0.1) is 0 Å². The minimum atomic E-state index is -0.837. The molecule has 0 heterocycles. The number of hydrogen-bond donors (Lipinski definition) is 2. The second-order valence-electron chi connectivity index (χ2n) is 4.83. The third-order valence-electron chi connectivity index (χ3n) is 3.10. The molecule has 0 fully saturated rings. The topological polar surface area (TPSA) is 67.8 Å². The Hall–Kier alpha value is -2.24. The summed E-state index contributed by atoms with van der Waals surface area (Å²) in [4.78, 5) is 11.9. The summed E-state index contributed by atoms with van der Waals surface area (Å²) >= 11 is 5.77. The van der Waals surface area contributed by atoms with Crippen LogP contribution < -0.4 is 14.8 Å². The molecule has 2 rings (SSSR count). The van der Waals surface area contributed by atoms with Crippen LogP contribution >= 0.6 is 11.6 Å². The zero-order valence-electron chi connectivity index (χ0n) is 12.7. The minimum Gasteiger partial charge on any atom is -0.493 e. The molecule has 6 heteroatoms. The Kier molecular flexibility index (Phi) is 6.26. The zero-order valence-corrected chi connectivity index (χ0v) is 13.4. The fraction of sp³-hybridized carbons (Fsp3) is 0.235. The minimum absolute atomic E-state index is 0.0429. The lowest BCUT2D eigenvalue weighted by Gasteiger charge is -2.15. The van der Waals surface area contributed by atoms with E-state index in [-0.39, 0.29) is 19.1 Å². The van der Waals surface area contributed by atoms with E-state index in [1.807, 2.05) is 12.1 Å². The number of amides is 1. The van der Waals surface area contributed by atoms with Gasteiger partial charge in [-0.3, -0.25) is 4.79 Å². The second-order valence-corrected chi connectivity index (χ2v) is 5.27. The molecular weight excluding hydrogens is 318 g/mol. The van der Waals surface area contributed by atoms with Gasteiger partial charge in [0.1, 0.15) is 12.7 Å². The van der Waals surface area contributed by atoms with Gasteiger partial charge in [-0.1, -0.05) is 23.7 Å². The molecule has 0 spiro atoms. The number of aliphatic hydroxyl groups is 1. The van der Waals surface area contributed by atoms with Gasteiger partial charge < -0.3 is 19.9 Å². The van der Waals surface area contributed by atoms with Crippen LogP contribution in [0.3, 0.4) is 0 Å². The third kappa shape index (κ3) is 5.16. The van der Waals surface area contributed by atoms with Gasteiger partial charge in [0.25, 0.3) is 5.91 Å². The van der Waals surface area contributed by atoms with Crippen LogP contribution in [0.4, 0.5) is 0 Å². The maximum atomic E-state index is 11.9. The van der Waals surface area contributed by atoms with Crippen LogP contribution in [0.2, 0.25) is 5.02 Å². The molecule has 0 unspecified atom stereocenters. The van der Waals surface area contributed by atoms with Crippen molar-refractivity contribution >= 4 is 17.5 Å². The summed E-state index contributed by atoms with van der Waals surface area (Å²) in [5.41, 5.74) is 0.479. The molecule has 0 saturated heterocycles. The Morgan fingerprint density at radius 1 is 1.17 bits per heavy atom. The van der Waals surface area contributed by atoms with E-state index < -0.39 is 6.10 Å². The van der Waals surface area contributed by atoms with Crippen molar-refractivity contribution in [3.8, 4) is 11.5 Å². The summed E-state index contributed by atoms with van der Waals surface area (Å²) in [6.07, 6.45) is -0.837. The molecule has 1 atom stereocenters. The number of hydrogen-bond acceptors (Lipinski definition) is 4. The highest BCUT2D eigenvalue weighted by molar-refractivity contribution is 6.30. The molecule has 0 aromatic heterocycles. The lowest BCUT2D eigenvalue weighted by Crippen LogP contribution is -2.35. The normalized spacial score (nSPS) is 11.6. The van der Waals surface area contributed by atoms with Gasteiger partial charge in [0.15, 0.2) is 11.5 Å². The molecule has 0 aliphatic rings. The van der Waals surface area contributed by atoms with Crippen molar-refractivity contribution in [1.82, 2.24) is 5.32 Å². The highest BCUT2D eigenvalue weighted by Crippen LogP contribution is 2.25. The number of halogens is 1. The van der Waals surface area contributed by atoms with E-state index in [1.54, 1.807) is 43.5 Å². The fourth-order valence-electron chi connectivity index (χ4n) is 1.90. The first-order chi connectivity index (χ1) is 11.1. The van der Waals surface area contributed by atoms with Gasteiger partial charge in [-0.25, -0.2) is 0 Å². The average molecular weight is 336 g/mol. The van der Waals surface area contributed by atoms with Crippen molar-refractivity contribution in [2.24, 2.45) is 0 Å². The van der Waals surface area contributed by atoms with E-state index in [1.165, 1.54) is 0 Å². The maximum absolute atomic E-state index is 11.9. The van der Waals surface area contributed by atoms with E-state index in [0.717, 1.165) is 0 Å². The van der Waals surface area contributed by atoms with Crippen molar-refractivity contribution in [3.05, 3.63) is 59.1 Å². The zero-order chi connectivity index (χ0) is 16.7. The number of nitrogens with one attached hydrogen (secondary N) is 1. The van der Waals surface area contributed by atoms with Crippen LogP contribution in [0.1, 0.15) is 10.4 Å². The number of ether oxygens (including phenoxy) is 2. The third-order valence-corrected chi connectivity index (χ3v) is 3.36. The molecule has 0 bridgehead atoms. The van der Waals surface area contributed by atoms with Crippen LogP contribution in [-0.4, -0.2) is 37.4 Å². The molecule has 0 saturated carbocycles. The fourth-order valence-corrected chi connectivity index (χ4v) is 2.02. The maximum Gasteiger partial charge on any atom is 0.251 e. The van der Waals surface area contributed by atoms with Crippen molar-refractivity contribution < 1.29 is 19.4 Å². The monoisotopic (exact) mass is 335 g/mol. The first-order valence-electron chi connectivity index (χ1n) is 7.08. The number of methoxy groups -OCH3 is 1. The number of para-hydroxylation sites is 2. The van der Waals surface area contributed by atoms with Crippen LogP contribution in [0, 0.1) is 0 Å². The summed E-state index contributed by atoms with van der Waals surface area (Å²) < 4.78 is 10.7. The van der Waals surface area contributed by atoms with Crippen molar-refractivity contribution in [1.29, 1.82) is 0 Å². The van der Waals surface area contributed by atoms with Gasteiger partial charge in [-0.05, 0) is 36.4 Å². The molecule has 0 radical (unpaired) electrons. The van der Waals surface area contributed by atoms with E-state index in [2.05, 4.69) is 5.32 Å². The van der Waals surface area contributed by atoms with Crippen LogP contribution in [-0.2, 0) is 0 Å². The molecular formula is C17H18ClNO4. The summed E-state index contributed by atoms with van der Waals surface area (Å²) in [5, 5.41) is 13.1. The molecule has 23 heavy (non-hydrogen) atoms. The summed E-state index contributed by atoms with van der Waals surface area (Å²) in [6, 6.07) is 13.7. The van der Waals surface area contributed by atoms with Crippen LogP contribution in [0.15, 0.2) is 48.5 Å². The van der Waals surface area contributed by atoms with E-state index in [4.69, 9.17) is 21.1 Å². The Bertz CT molecular complexity index is 645. The Labute approximate surface area is 139 Å². The largest absolute Gasteiger partial charge is 0.493 e. The Morgan fingerprint density at radius 2 is 1.83 bits per heavy atom. The predicted octanol–water partition coefficient (Wildman–Crippen LogP) is 2.52. The second kappa shape index (κ2) is 8.41. The average Bonchev–Trinajstić information content (AvgIpc) is 2.58. The van der Waals surface area contributed by atoms with Crippen LogP contribution in [0.5, 0.6) is 11.5 Å². The first-order valence-corrected chi connectivity index (χ1v) is 7.45. The molecule has 122 valence electrons. The SMILES string of the molecule is COc1ccccc1OC[C@@H](O)CNC(=O)c1ccc(Cl)cc1. The molecule has 2 N–H and O–H groups in total. The van der Waals surface area contributed by atoms with Gasteiger partial charge in [0.05, 0.1) is 7.11 Å². The van der Waals surface area contributed by atoms with E-state index in [0.29, 0.717) is 22.1 Å². The number of carbonyl (C=O) groups is 1. The Morgan fingerprint density at radius 3 is 2.48 bits per heavy atom. The quantitative estimate of drug-likeness (QED) is 0.816. The van der Waals surface area contributed by atoms with Crippen molar-refractivity contribution in [2.75, 3.05) is 20.3 Å². The van der Waals surface area contributed by atoms with Crippen molar-refractivity contribution in [2.45, 2.75) is 6.10 Å². The standard InChI is InChI=1S/C17H18ClNO4/c1-22-15-4-2-3-5-16(15)23-11-14(20)10-19-17(21)12-6-8-13(18)9-7-12/h2-9,14,20H,10-11H2,1H3,(H,19,21)/t14-/m0/s1. The Balaban J connectivity index is 1.79. The predicted molar refractivity (Wildman–Crippen MR) is 88.3 cm³/mol. The summed E-state index contributed by atoms with van der Waals surface area (Å²) in [5.74, 6) is 0.848. The lowest BCUT2D eigenvalue weighted by molar-refractivity contribution is 0.0839. The van der Waals surface area contributed by atoms with Gasteiger partial charge in [0.2, 0.25) is 0 Å². The molecule has 2 aromatic rings. The summed E-state index contributed by atoms with van der Waals surface area (Å²) in [7, 11) is 1.55.